The van der Waals surface area contributed by atoms with Crippen molar-refractivity contribution in [2.45, 2.75) is 66.7 Å². The molecule has 0 unspecified atom stereocenters. The van der Waals surface area contributed by atoms with Gasteiger partial charge in [0.1, 0.15) is 5.76 Å². The molecule has 0 radical (unpaired) electrons. The number of carbonyl (C=O) groups excluding carboxylic acids is 2. The van der Waals surface area contributed by atoms with E-state index in [0.29, 0.717) is 11.0 Å². The molecule has 0 heterocycles. The van der Waals surface area contributed by atoms with Crippen LogP contribution in [0.3, 0.4) is 0 Å². The van der Waals surface area contributed by atoms with Gasteiger partial charge in [-0.2, -0.15) is 0 Å². The van der Waals surface area contributed by atoms with Gasteiger partial charge in [0.25, 0.3) is 0 Å². The van der Waals surface area contributed by atoms with Gasteiger partial charge in [0.15, 0.2) is 0 Å². The highest BCUT2D eigenvalue weighted by atomic mass is 16.3. The summed E-state index contributed by atoms with van der Waals surface area (Å²) in [6.45, 7) is 11.1. The first-order valence-corrected chi connectivity index (χ1v) is 10.0. The van der Waals surface area contributed by atoms with E-state index in [1.165, 1.54) is 30.9 Å². The zero-order valence-electron chi connectivity index (χ0n) is 17.8. The summed E-state index contributed by atoms with van der Waals surface area (Å²) in [5.41, 5.74) is 6.10. The first kappa shape index (κ1) is 21.9. The van der Waals surface area contributed by atoms with Gasteiger partial charge in [0.05, 0.1) is 0 Å². The summed E-state index contributed by atoms with van der Waals surface area (Å²) >= 11 is 0. The largest absolute Gasteiger partial charge is 0.507 e. The SMILES string of the molecule is CC1=C(CC/C(C)=C/C=C/C(C)=C/C2=CC(=O)C(=O)C=C2O)C(C)(C)CCC1. The van der Waals surface area contributed by atoms with E-state index in [0.717, 1.165) is 24.5 Å². The molecule has 2 aliphatic carbocycles. The molecule has 0 spiro atoms. The number of hydrogen-bond acceptors (Lipinski definition) is 3. The maximum atomic E-state index is 11.5. The summed E-state index contributed by atoms with van der Waals surface area (Å²) in [7, 11) is 0. The Balaban J connectivity index is 1.98. The minimum Gasteiger partial charge on any atom is -0.507 e. The molecule has 0 fully saturated rings. The Labute approximate surface area is 168 Å². The molecule has 0 atom stereocenters. The van der Waals surface area contributed by atoms with Crippen molar-refractivity contribution < 1.29 is 14.7 Å². The van der Waals surface area contributed by atoms with Crippen molar-refractivity contribution in [1.82, 2.24) is 0 Å². The second-order valence-electron chi connectivity index (χ2n) is 8.61. The third-order valence-corrected chi connectivity index (χ3v) is 5.67. The van der Waals surface area contributed by atoms with Gasteiger partial charge in [-0.3, -0.25) is 9.59 Å². The lowest BCUT2D eigenvalue weighted by atomic mass is 9.71. The summed E-state index contributed by atoms with van der Waals surface area (Å²) in [4.78, 5) is 22.7. The first-order valence-electron chi connectivity index (χ1n) is 10.0. The number of ketones is 2. The second kappa shape index (κ2) is 9.18. The van der Waals surface area contributed by atoms with Crippen LogP contribution in [0.4, 0.5) is 0 Å². The van der Waals surface area contributed by atoms with Crippen LogP contribution in [0.15, 0.2) is 70.1 Å². The van der Waals surface area contributed by atoms with Gasteiger partial charge in [0, 0.05) is 17.7 Å². The van der Waals surface area contributed by atoms with Crippen LogP contribution in [-0.4, -0.2) is 16.7 Å². The number of rotatable bonds is 6. The maximum absolute atomic E-state index is 11.5. The van der Waals surface area contributed by atoms with Crippen molar-refractivity contribution in [3.8, 4) is 0 Å². The minimum atomic E-state index is -0.687. The van der Waals surface area contributed by atoms with Crippen LogP contribution in [0.25, 0.3) is 0 Å². The Kier molecular flexibility index (Phi) is 7.17. The number of aliphatic hydroxyl groups is 1. The molecule has 2 aliphatic rings. The summed E-state index contributed by atoms with van der Waals surface area (Å²) < 4.78 is 0. The predicted octanol–water partition coefficient (Wildman–Crippen LogP) is 6.26. The molecule has 0 aromatic carbocycles. The number of carbonyl (C=O) groups is 2. The minimum absolute atomic E-state index is 0.164. The lowest BCUT2D eigenvalue weighted by Gasteiger charge is -2.34. The normalized spacial score (nSPS) is 21.3. The van der Waals surface area contributed by atoms with Gasteiger partial charge in [0.2, 0.25) is 11.6 Å². The average Bonchev–Trinajstić information content (AvgIpc) is 2.58. The Bertz CT molecular complexity index is 839. The highest BCUT2D eigenvalue weighted by Crippen LogP contribution is 2.42. The van der Waals surface area contributed by atoms with E-state index in [4.69, 9.17) is 0 Å². The molecule has 0 bridgehead atoms. The molecule has 3 nitrogen and oxygen atoms in total. The van der Waals surface area contributed by atoms with Gasteiger partial charge in [-0.25, -0.2) is 0 Å². The van der Waals surface area contributed by atoms with Gasteiger partial charge >= 0.3 is 0 Å². The Morgan fingerprint density at radius 2 is 1.86 bits per heavy atom. The standard InChI is InChI=1S/C25H32O3/c1-17(11-12-21-19(3)10-7-13-25(21,4)5)8-6-9-18(2)14-20-15-23(27)24(28)16-22(20)26/h6,8-9,14-16,26H,7,10-13H2,1-5H3/b9-6+,17-8+,18-14+. The van der Waals surface area contributed by atoms with Crippen molar-refractivity contribution in [3.05, 3.63) is 70.1 Å². The lowest BCUT2D eigenvalue weighted by molar-refractivity contribution is -0.131. The number of hydrogen-bond donors (Lipinski definition) is 1. The fourth-order valence-electron chi connectivity index (χ4n) is 3.97. The quantitative estimate of drug-likeness (QED) is 0.256. The predicted molar refractivity (Wildman–Crippen MR) is 115 cm³/mol. The fourth-order valence-corrected chi connectivity index (χ4v) is 3.97. The van der Waals surface area contributed by atoms with Crippen LogP contribution in [0, 0.1) is 5.41 Å². The summed E-state index contributed by atoms with van der Waals surface area (Å²) in [5.74, 6) is -1.46. The van der Waals surface area contributed by atoms with Crippen LogP contribution >= 0.6 is 0 Å². The summed E-state index contributed by atoms with van der Waals surface area (Å²) in [6, 6.07) is 0. The zero-order chi connectivity index (χ0) is 20.9. The van der Waals surface area contributed by atoms with Crippen LogP contribution in [0.2, 0.25) is 0 Å². The number of allylic oxidation sites excluding steroid dienone is 10. The van der Waals surface area contributed by atoms with E-state index < -0.39 is 11.6 Å². The summed E-state index contributed by atoms with van der Waals surface area (Å²) in [6.07, 6.45) is 15.9. The molecular formula is C25H32O3. The fraction of sp³-hybridized carbons (Fsp3) is 0.440. The molecule has 2 rings (SSSR count). The van der Waals surface area contributed by atoms with Crippen LogP contribution < -0.4 is 0 Å². The van der Waals surface area contributed by atoms with Gasteiger partial charge in [-0.05, 0) is 64.4 Å². The smallest absolute Gasteiger partial charge is 0.229 e. The van der Waals surface area contributed by atoms with Crippen LogP contribution in [0.1, 0.15) is 66.7 Å². The Morgan fingerprint density at radius 3 is 2.54 bits per heavy atom. The molecule has 0 aliphatic heterocycles. The van der Waals surface area contributed by atoms with E-state index in [1.807, 2.05) is 19.1 Å². The summed E-state index contributed by atoms with van der Waals surface area (Å²) in [5, 5.41) is 9.81. The van der Waals surface area contributed by atoms with Gasteiger partial charge < -0.3 is 5.11 Å². The van der Waals surface area contributed by atoms with Crippen molar-refractivity contribution in [1.29, 1.82) is 0 Å². The lowest BCUT2D eigenvalue weighted by Crippen LogP contribution is -2.20. The molecule has 3 heteroatoms. The van der Waals surface area contributed by atoms with E-state index in [-0.39, 0.29) is 5.76 Å². The molecule has 1 N–H and O–H groups in total. The molecule has 0 aromatic rings. The molecule has 0 saturated carbocycles. The van der Waals surface area contributed by atoms with Crippen LogP contribution in [0.5, 0.6) is 0 Å². The molecular weight excluding hydrogens is 348 g/mol. The molecule has 150 valence electrons. The molecule has 0 aromatic heterocycles. The van der Waals surface area contributed by atoms with Crippen LogP contribution in [-0.2, 0) is 9.59 Å². The topological polar surface area (TPSA) is 54.4 Å². The zero-order valence-corrected chi connectivity index (χ0v) is 17.8. The number of aliphatic hydroxyl groups excluding tert-OH is 1. The first-order chi connectivity index (χ1) is 13.1. The molecule has 0 saturated heterocycles. The average molecular weight is 381 g/mol. The highest BCUT2D eigenvalue weighted by molar-refractivity contribution is 6.46. The van der Waals surface area contributed by atoms with E-state index in [9.17, 15) is 14.7 Å². The third-order valence-electron chi connectivity index (χ3n) is 5.67. The van der Waals surface area contributed by atoms with Crippen molar-refractivity contribution in [3.63, 3.8) is 0 Å². The van der Waals surface area contributed by atoms with E-state index >= 15 is 0 Å². The Hall–Kier alpha value is -2.42. The second-order valence-corrected chi connectivity index (χ2v) is 8.61. The van der Waals surface area contributed by atoms with Crippen molar-refractivity contribution in [2.24, 2.45) is 5.41 Å². The van der Waals surface area contributed by atoms with E-state index in [2.05, 4.69) is 33.8 Å². The molecule has 0 amide bonds. The van der Waals surface area contributed by atoms with Gasteiger partial charge in [-0.1, -0.05) is 54.4 Å². The van der Waals surface area contributed by atoms with E-state index in [1.54, 1.807) is 17.2 Å². The Morgan fingerprint density at radius 1 is 1.18 bits per heavy atom. The monoisotopic (exact) mass is 380 g/mol. The highest BCUT2D eigenvalue weighted by Gasteiger charge is 2.27. The van der Waals surface area contributed by atoms with Crippen molar-refractivity contribution >= 4 is 11.6 Å². The molecule has 28 heavy (non-hydrogen) atoms. The maximum Gasteiger partial charge on any atom is 0.229 e. The van der Waals surface area contributed by atoms with Gasteiger partial charge in [-0.15, -0.1) is 0 Å². The van der Waals surface area contributed by atoms with Crippen molar-refractivity contribution in [2.75, 3.05) is 0 Å². The third kappa shape index (κ3) is 5.79.